The molecule has 6 nitrogen and oxygen atoms in total. The van der Waals surface area contributed by atoms with Gasteiger partial charge in [-0.2, -0.15) is 0 Å². The first-order valence-corrected chi connectivity index (χ1v) is 9.00. The SMILES string of the molecule is O=C(O)c1cc(Oc2cccc(S(=O)(=O)c3ccccc3)c2)ccc1O. The number of carboxylic acid groups (broad SMARTS) is 1. The van der Waals surface area contributed by atoms with E-state index in [1.807, 2.05) is 0 Å². The normalized spacial score (nSPS) is 11.1. The van der Waals surface area contributed by atoms with Crippen molar-refractivity contribution in [2.24, 2.45) is 0 Å². The van der Waals surface area contributed by atoms with Gasteiger partial charge in [0.2, 0.25) is 9.84 Å². The van der Waals surface area contributed by atoms with Crippen LogP contribution in [0.1, 0.15) is 10.4 Å². The summed E-state index contributed by atoms with van der Waals surface area (Å²) < 4.78 is 30.9. The topological polar surface area (TPSA) is 101 Å². The monoisotopic (exact) mass is 370 g/mol. The van der Waals surface area contributed by atoms with Crippen LogP contribution in [0.4, 0.5) is 0 Å². The second-order valence-corrected chi connectivity index (χ2v) is 7.33. The Labute approximate surface area is 149 Å². The molecule has 0 aromatic heterocycles. The second-order valence-electron chi connectivity index (χ2n) is 5.38. The minimum absolute atomic E-state index is 0.0541. The summed E-state index contributed by atoms with van der Waals surface area (Å²) in [4.78, 5) is 11.3. The minimum Gasteiger partial charge on any atom is -0.507 e. The molecule has 3 rings (SSSR count). The highest BCUT2D eigenvalue weighted by atomic mass is 32.2. The van der Waals surface area contributed by atoms with Gasteiger partial charge in [-0.1, -0.05) is 24.3 Å². The first-order valence-electron chi connectivity index (χ1n) is 7.52. The average Bonchev–Trinajstić information content (AvgIpc) is 2.64. The number of rotatable bonds is 5. The number of phenols is 1. The molecule has 0 unspecified atom stereocenters. The zero-order valence-corrected chi connectivity index (χ0v) is 14.2. The molecule has 3 aromatic rings. The summed E-state index contributed by atoms with van der Waals surface area (Å²) in [5.41, 5.74) is -0.310. The number of hydrogen-bond acceptors (Lipinski definition) is 5. The van der Waals surface area contributed by atoms with E-state index in [1.54, 1.807) is 24.3 Å². The van der Waals surface area contributed by atoms with Crippen molar-refractivity contribution in [2.45, 2.75) is 9.79 Å². The van der Waals surface area contributed by atoms with Crippen molar-refractivity contribution < 1.29 is 28.2 Å². The van der Waals surface area contributed by atoms with Crippen LogP contribution in [-0.2, 0) is 9.84 Å². The Hall–Kier alpha value is -3.32. The molecule has 2 N–H and O–H groups in total. The molecule has 0 heterocycles. The van der Waals surface area contributed by atoms with Crippen molar-refractivity contribution in [1.29, 1.82) is 0 Å². The van der Waals surface area contributed by atoms with Crippen LogP contribution < -0.4 is 4.74 Å². The molecule has 0 aliphatic carbocycles. The fourth-order valence-electron chi connectivity index (χ4n) is 2.33. The molecule has 132 valence electrons. The third-order valence-corrected chi connectivity index (χ3v) is 5.37. The van der Waals surface area contributed by atoms with Crippen molar-refractivity contribution >= 4 is 15.8 Å². The standard InChI is InChI=1S/C19H14O6S/c20-18-10-9-14(12-17(18)19(21)22)25-13-5-4-8-16(11-13)26(23,24)15-6-2-1-3-7-15/h1-12,20H,(H,21,22). The Bertz CT molecular complexity index is 1060. The van der Waals surface area contributed by atoms with E-state index >= 15 is 0 Å². The van der Waals surface area contributed by atoms with Crippen molar-refractivity contribution in [3.8, 4) is 17.2 Å². The summed E-state index contributed by atoms with van der Waals surface area (Å²) in [6.07, 6.45) is 0. The van der Waals surface area contributed by atoms with E-state index in [4.69, 9.17) is 9.84 Å². The van der Waals surface area contributed by atoms with Crippen LogP contribution in [0.25, 0.3) is 0 Å². The van der Waals surface area contributed by atoms with Gasteiger partial charge in [-0.15, -0.1) is 0 Å². The van der Waals surface area contributed by atoms with Gasteiger partial charge in [-0.05, 0) is 48.5 Å². The third kappa shape index (κ3) is 3.52. The van der Waals surface area contributed by atoms with Crippen LogP contribution in [0, 0.1) is 0 Å². The van der Waals surface area contributed by atoms with Crippen LogP contribution in [0.2, 0.25) is 0 Å². The molecule has 7 heteroatoms. The Morgan fingerprint density at radius 1 is 0.808 bits per heavy atom. The van der Waals surface area contributed by atoms with E-state index in [9.17, 15) is 18.3 Å². The number of benzene rings is 3. The average molecular weight is 370 g/mol. The highest BCUT2D eigenvalue weighted by Gasteiger charge is 2.18. The third-order valence-electron chi connectivity index (χ3n) is 3.60. The number of ether oxygens (including phenoxy) is 1. The molecule has 0 atom stereocenters. The molecule has 0 fully saturated rings. The Balaban J connectivity index is 1.94. The van der Waals surface area contributed by atoms with Gasteiger partial charge >= 0.3 is 5.97 Å². The molecule has 0 aliphatic heterocycles. The van der Waals surface area contributed by atoms with E-state index in [2.05, 4.69) is 0 Å². The largest absolute Gasteiger partial charge is 0.507 e. The summed E-state index contributed by atoms with van der Waals surface area (Å²) in [6.45, 7) is 0. The van der Waals surface area contributed by atoms with Crippen LogP contribution >= 0.6 is 0 Å². The first kappa shape index (κ1) is 17.5. The molecule has 0 amide bonds. The molecule has 26 heavy (non-hydrogen) atoms. The molecular formula is C19H14O6S. The second kappa shape index (κ2) is 6.89. The lowest BCUT2D eigenvalue weighted by atomic mass is 10.2. The maximum Gasteiger partial charge on any atom is 0.339 e. The van der Waals surface area contributed by atoms with E-state index in [0.29, 0.717) is 0 Å². The van der Waals surface area contributed by atoms with Crippen LogP contribution in [0.15, 0.2) is 82.6 Å². The van der Waals surface area contributed by atoms with Gasteiger partial charge in [0.15, 0.2) is 0 Å². The number of aromatic hydroxyl groups is 1. The molecule has 3 aromatic carbocycles. The van der Waals surface area contributed by atoms with Gasteiger partial charge in [0.25, 0.3) is 0 Å². The van der Waals surface area contributed by atoms with Gasteiger partial charge in [0.1, 0.15) is 22.8 Å². The lowest BCUT2D eigenvalue weighted by Gasteiger charge is -2.10. The molecule has 0 radical (unpaired) electrons. The highest BCUT2D eigenvalue weighted by Crippen LogP contribution is 2.29. The van der Waals surface area contributed by atoms with E-state index in [0.717, 1.165) is 6.07 Å². The molecule has 0 bridgehead atoms. The van der Waals surface area contributed by atoms with Gasteiger partial charge in [-0.3, -0.25) is 0 Å². The van der Waals surface area contributed by atoms with E-state index in [-0.39, 0.29) is 32.6 Å². The van der Waals surface area contributed by atoms with Crippen molar-refractivity contribution in [2.75, 3.05) is 0 Å². The fourth-order valence-corrected chi connectivity index (χ4v) is 3.64. The van der Waals surface area contributed by atoms with Gasteiger partial charge in [-0.25, -0.2) is 13.2 Å². The Kier molecular flexibility index (Phi) is 4.64. The lowest BCUT2D eigenvalue weighted by molar-refractivity contribution is 0.0693. The predicted molar refractivity (Wildman–Crippen MR) is 93.5 cm³/mol. The number of sulfone groups is 1. The summed E-state index contributed by atoms with van der Waals surface area (Å²) in [5.74, 6) is -1.29. The smallest absolute Gasteiger partial charge is 0.339 e. The predicted octanol–water partition coefficient (Wildman–Crippen LogP) is 3.72. The Morgan fingerprint density at radius 3 is 2.15 bits per heavy atom. The maximum absolute atomic E-state index is 12.7. The quantitative estimate of drug-likeness (QED) is 0.710. The van der Waals surface area contributed by atoms with Crippen molar-refractivity contribution in [3.63, 3.8) is 0 Å². The lowest BCUT2D eigenvalue weighted by Crippen LogP contribution is -2.02. The van der Waals surface area contributed by atoms with E-state index < -0.39 is 15.8 Å². The van der Waals surface area contributed by atoms with Crippen molar-refractivity contribution in [3.05, 3.63) is 78.4 Å². The highest BCUT2D eigenvalue weighted by molar-refractivity contribution is 7.91. The molecule has 0 aliphatic rings. The number of carboxylic acids is 1. The minimum atomic E-state index is -3.70. The van der Waals surface area contributed by atoms with Crippen LogP contribution in [0.5, 0.6) is 17.2 Å². The van der Waals surface area contributed by atoms with Crippen molar-refractivity contribution in [1.82, 2.24) is 0 Å². The van der Waals surface area contributed by atoms with Gasteiger partial charge < -0.3 is 14.9 Å². The molecule has 0 saturated heterocycles. The fraction of sp³-hybridized carbons (Fsp3) is 0. The molecule has 0 spiro atoms. The first-order chi connectivity index (χ1) is 12.4. The summed E-state index contributed by atoms with van der Waals surface area (Å²) in [6, 6.07) is 17.6. The zero-order chi connectivity index (χ0) is 18.7. The van der Waals surface area contributed by atoms with Gasteiger partial charge in [0.05, 0.1) is 9.79 Å². The number of hydrogen-bond donors (Lipinski definition) is 2. The zero-order valence-electron chi connectivity index (χ0n) is 13.4. The summed E-state index contributed by atoms with van der Waals surface area (Å²) in [5, 5.41) is 18.6. The number of aromatic carboxylic acids is 1. The molecule has 0 saturated carbocycles. The van der Waals surface area contributed by atoms with E-state index in [1.165, 1.54) is 42.5 Å². The number of carbonyl (C=O) groups is 1. The Morgan fingerprint density at radius 2 is 1.46 bits per heavy atom. The van der Waals surface area contributed by atoms with Crippen LogP contribution in [0.3, 0.4) is 0 Å². The van der Waals surface area contributed by atoms with Gasteiger partial charge in [0, 0.05) is 0 Å². The summed E-state index contributed by atoms with van der Waals surface area (Å²) >= 11 is 0. The summed E-state index contributed by atoms with van der Waals surface area (Å²) in [7, 11) is -3.70. The van der Waals surface area contributed by atoms with Crippen LogP contribution in [-0.4, -0.2) is 24.6 Å². The molecular weight excluding hydrogens is 356 g/mol. The maximum atomic E-state index is 12.7.